The van der Waals surface area contributed by atoms with E-state index in [1.807, 2.05) is 43.3 Å². The fraction of sp³-hybridized carbons (Fsp3) is 0.375. The molecule has 0 atom stereocenters. The molecule has 1 amide bonds. The van der Waals surface area contributed by atoms with E-state index in [-0.39, 0.29) is 24.4 Å². The lowest BCUT2D eigenvalue weighted by molar-refractivity contribution is -0.126. The zero-order chi connectivity index (χ0) is 22.7. The van der Waals surface area contributed by atoms with Gasteiger partial charge in [-0.2, -0.15) is 4.98 Å². The summed E-state index contributed by atoms with van der Waals surface area (Å²) in [6.45, 7) is 0.165. The number of carbonyl (C=O) groups is 1. The monoisotopic (exact) mass is 455 g/mol. The molecule has 4 rings (SSSR count). The number of aromatic nitrogens is 2. The van der Waals surface area contributed by atoms with Crippen molar-refractivity contribution in [2.45, 2.75) is 38.3 Å². The van der Waals surface area contributed by atoms with Crippen molar-refractivity contribution in [3.63, 3.8) is 0 Å². The van der Waals surface area contributed by atoms with E-state index in [0.717, 1.165) is 42.4 Å². The van der Waals surface area contributed by atoms with Crippen LogP contribution in [-0.4, -0.2) is 36.0 Å². The van der Waals surface area contributed by atoms with Gasteiger partial charge < -0.3 is 15.5 Å². The van der Waals surface area contributed by atoms with Crippen molar-refractivity contribution >= 4 is 40.2 Å². The fourth-order valence-electron chi connectivity index (χ4n) is 4.14. The first kappa shape index (κ1) is 22.3. The third-order valence-corrected chi connectivity index (χ3v) is 6.14. The number of amides is 1. The Bertz CT molecular complexity index is 1110. The Hall–Kier alpha value is -2.93. The lowest BCUT2D eigenvalue weighted by Gasteiger charge is -2.28. The lowest BCUT2D eigenvalue weighted by Crippen LogP contribution is -2.36. The second-order valence-corrected chi connectivity index (χ2v) is 8.87. The minimum atomic E-state index is -0.404. The molecule has 6 nitrogen and oxygen atoms in total. The number of rotatable bonds is 6. The number of anilines is 2. The highest BCUT2D eigenvalue weighted by molar-refractivity contribution is 6.30. The first-order valence-corrected chi connectivity index (χ1v) is 11.2. The van der Waals surface area contributed by atoms with Crippen molar-refractivity contribution in [3.05, 3.63) is 58.9 Å². The number of halogens is 2. The molecule has 168 valence electrons. The molecule has 1 aromatic heterocycles. The maximum Gasteiger partial charge on any atom is 0.225 e. The van der Waals surface area contributed by atoms with Crippen molar-refractivity contribution in [1.29, 1.82) is 0 Å². The van der Waals surface area contributed by atoms with Crippen LogP contribution in [0, 0.1) is 11.7 Å². The lowest BCUT2D eigenvalue weighted by atomic mass is 9.85. The van der Waals surface area contributed by atoms with E-state index >= 15 is 0 Å². The van der Waals surface area contributed by atoms with E-state index in [2.05, 4.69) is 15.6 Å². The van der Waals surface area contributed by atoms with Crippen LogP contribution in [0.3, 0.4) is 0 Å². The second kappa shape index (κ2) is 9.69. The van der Waals surface area contributed by atoms with Crippen LogP contribution >= 0.6 is 11.6 Å². The molecule has 2 N–H and O–H groups in total. The average Bonchev–Trinajstić information content (AvgIpc) is 2.78. The third kappa shape index (κ3) is 5.10. The van der Waals surface area contributed by atoms with Crippen molar-refractivity contribution in [2.75, 3.05) is 24.3 Å². The first-order valence-electron chi connectivity index (χ1n) is 10.8. The summed E-state index contributed by atoms with van der Waals surface area (Å²) in [6.07, 6.45) is 3.23. The van der Waals surface area contributed by atoms with E-state index in [4.69, 9.17) is 16.6 Å². The zero-order valence-corrected chi connectivity index (χ0v) is 19.0. The zero-order valence-electron chi connectivity index (χ0n) is 18.2. The molecule has 1 aliphatic carbocycles. The summed E-state index contributed by atoms with van der Waals surface area (Å²) in [5, 5.41) is 7.67. The molecule has 0 bridgehead atoms. The molecule has 0 saturated heterocycles. The summed E-state index contributed by atoms with van der Waals surface area (Å²) >= 11 is 5.78. The maximum atomic E-state index is 13.9. The van der Waals surface area contributed by atoms with Crippen LogP contribution in [0.25, 0.3) is 10.9 Å². The Kier molecular flexibility index (Phi) is 6.74. The highest BCUT2D eigenvalue weighted by atomic mass is 35.5. The van der Waals surface area contributed by atoms with Gasteiger partial charge in [0.25, 0.3) is 0 Å². The molecule has 1 saturated carbocycles. The van der Waals surface area contributed by atoms with Gasteiger partial charge in [0, 0.05) is 48.6 Å². The first-order chi connectivity index (χ1) is 15.4. The van der Waals surface area contributed by atoms with Crippen molar-refractivity contribution in [3.8, 4) is 0 Å². The largest absolute Gasteiger partial charge is 0.362 e. The number of hydrogen-bond donors (Lipinski definition) is 2. The summed E-state index contributed by atoms with van der Waals surface area (Å²) in [5.41, 5.74) is 1.33. The van der Waals surface area contributed by atoms with Crippen LogP contribution in [0.1, 0.15) is 31.2 Å². The molecule has 0 unspecified atom stereocenters. The number of nitrogens with one attached hydrogen (secondary N) is 2. The smallest absolute Gasteiger partial charge is 0.225 e. The molecule has 32 heavy (non-hydrogen) atoms. The highest BCUT2D eigenvalue weighted by Gasteiger charge is 2.27. The van der Waals surface area contributed by atoms with Crippen LogP contribution in [0.4, 0.5) is 16.2 Å². The van der Waals surface area contributed by atoms with Gasteiger partial charge in [-0.05, 0) is 49.9 Å². The molecule has 3 aromatic rings. The number of benzene rings is 2. The third-order valence-electron chi connectivity index (χ3n) is 5.91. The van der Waals surface area contributed by atoms with Gasteiger partial charge >= 0.3 is 0 Å². The van der Waals surface area contributed by atoms with Gasteiger partial charge in [0.15, 0.2) is 0 Å². The standard InChI is InChI=1S/C24H27ClFN5O/c1-31(2)22-19-5-3-4-6-21(19)29-24(30-22)28-18-11-8-15(9-12-18)23(32)27-14-16-7-10-17(25)13-20(16)26/h3-7,10,13,15,18H,8-9,11-12,14H2,1-2H3,(H,27,32)(H,28,29,30)/t15-,18+. The van der Waals surface area contributed by atoms with Crippen molar-refractivity contribution in [2.24, 2.45) is 5.92 Å². The Labute approximate surface area is 192 Å². The molecule has 0 spiro atoms. The maximum absolute atomic E-state index is 13.9. The number of carbonyl (C=O) groups excluding carboxylic acids is 1. The van der Waals surface area contributed by atoms with Gasteiger partial charge in [-0.1, -0.05) is 29.8 Å². The van der Waals surface area contributed by atoms with E-state index in [9.17, 15) is 9.18 Å². The topological polar surface area (TPSA) is 70.2 Å². The van der Waals surface area contributed by atoms with Gasteiger partial charge in [0.2, 0.25) is 11.9 Å². The van der Waals surface area contributed by atoms with Crippen molar-refractivity contribution in [1.82, 2.24) is 15.3 Å². The minimum Gasteiger partial charge on any atom is -0.362 e. The molecule has 0 radical (unpaired) electrons. The summed E-state index contributed by atoms with van der Waals surface area (Å²) < 4.78 is 13.9. The average molecular weight is 456 g/mol. The van der Waals surface area contributed by atoms with Crippen LogP contribution in [-0.2, 0) is 11.3 Å². The van der Waals surface area contributed by atoms with Gasteiger partial charge in [-0.25, -0.2) is 9.37 Å². The van der Waals surface area contributed by atoms with Crippen molar-refractivity contribution < 1.29 is 9.18 Å². The van der Waals surface area contributed by atoms with Crippen LogP contribution < -0.4 is 15.5 Å². The Morgan fingerprint density at radius 1 is 1.12 bits per heavy atom. The predicted octanol–water partition coefficient (Wildman–Crippen LogP) is 4.78. The molecular formula is C24H27ClFN5O. The molecular weight excluding hydrogens is 429 g/mol. The second-order valence-electron chi connectivity index (χ2n) is 8.43. The van der Waals surface area contributed by atoms with E-state index in [0.29, 0.717) is 16.5 Å². The summed E-state index contributed by atoms with van der Waals surface area (Å²) in [6, 6.07) is 12.7. The fourth-order valence-corrected chi connectivity index (χ4v) is 4.30. The predicted molar refractivity (Wildman–Crippen MR) is 126 cm³/mol. The van der Waals surface area contributed by atoms with E-state index in [1.54, 1.807) is 12.1 Å². The molecule has 0 aliphatic heterocycles. The molecule has 8 heteroatoms. The summed E-state index contributed by atoms with van der Waals surface area (Å²) in [5.74, 6) is 0.977. The van der Waals surface area contributed by atoms with Crippen LogP contribution in [0.5, 0.6) is 0 Å². The Morgan fingerprint density at radius 2 is 1.88 bits per heavy atom. The van der Waals surface area contributed by atoms with Crippen LogP contribution in [0.15, 0.2) is 42.5 Å². The molecule has 1 aliphatic rings. The van der Waals surface area contributed by atoms with Crippen LogP contribution in [0.2, 0.25) is 5.02 Å². The SMILES string of the molecule is CN(C)c1nc(N[C@H]2CC[C@@H](C(=O)NCc3ccc(Cl)cc3F)CC2)nc2ccccc12. The van der Waals surface area contributed by atoms with Gasteiger partial charge in [0.05, 0.1) is 5.52 Å². The van der Waals surface area contributed by atoms with Gasteiger partial charge in [-0.15, -0.1) is 0 Å². The number of nitrogens with zero attached hydrogens (tertiary/aromatic N) is 3. The Morgan fingerprint density at radius 3 is 2.59 bits per heavy atom. The van der Waals surface area contributed by atoms with Gasteiger partial charge in [-0.3, -0.25) is 4.79 Å². The Balaban J connectivity index is 1.33. The van der Waals surface area contributed by atoms with E-state index < -0.39 is 5.82 Å². The quantitative estimate of drug-likeness (QED) is 0.560. The summed E-state index contributed by atoms with van der Waals surface area (Å²) in [7, 11) is 3.94. The molecule has 2 aromatic carbocycles. The normalized spacial score (nSPS) is 18.4. The highest BCUT2D eigenvalue weighted by Crippen LogP contribution is 2.28. The summed E-state index contributed by atoms with van der Waals surface area (Å²) in [4.78, 5) is 23.9. The molecule has 1 fully saturated rings. The number of hydrogen-bond acceptors (Lipinski definition) is 5. The van der Waals surface area contributed by atoms with Gasteiger partial charge in [0.1, 0.15) is 11.6 Å². The molecule has 1 heterocycles. The number of fused-ring (bicyclic) bond motifs is 1. The van der Waals surface area contributed by atoms with E-state index in [1.165, 1.54) is 6.07 Å². The number of para-hydroxylation sites is 1. The minimum absolute atomic E-state index is 0.0327.